The Morgan fingerprint density at radius 3 is 2.21 bits per heavy atom. The van der Waals surface area contributed by atoms with Gasteiger partial charge in [0.25, 0.3) is 0 Å². The van der Waals surface area contributed by atoms with E-state index >= 15 is 0 Å². The summed E-state index contributed by atoms with van der Waals surface area (Å²) < 4.78 is 50.2. The van der Waals surface area contributed by atoms with Crippen LogP contribution in [-0.4, -0.2) is 36.2 Å². The predicted molar refractivity (Wildman–Crippen MR) is 73.6 cm³/mol. The lowest BCUT2D eigenvalue weighted by atomic mass is 10.2. The van der Waals surface area contributed by atoms with Gasteiger partial charge in [0, 0.05) is 13.1 Å². The number of rotatable bonds is 6. The fourth-order valence-corrected chi connectivity index (χ4v) is 3.39. The van der Waals surface area contributed by atoms with Crippen molar-refractivity contribution in [3.63, 3.8) is 0 Å². The van der Waals surface area contributed by atoms with E-state index in [9.17, 15) is 16.8 Å². The lowest BCUT2D eigenvalue weighted by molar-refractivity contribution is 0.573. The molecule has 9 heteroatoms. The number of nitrogens with one attached hydrogen (secondary N) is 2. The molecule has 0 atom stereocenters. The molecule has 0 saturated heterocycles. The van der Waals surface area contributed by atoms with Gasteiger partial charge in [0.1, 0.15) is 4.90 Å². The van der Waals surface area contributed by atoms with Gasteiger partial charge in [-0.2, -0.15) is 0 Å². The highest BCUT2D eigenvalue weighted by Gasteiger charge is 2.19. The Bertz CT molecular complexity index is 633. The second-order valence-corrected chi connectivity index (χ2v) is 7.59. The van der Waals surface area contributed by atoms with E-state index in [1.54, 1.807) is 19.1 Å². The monoisotopic (exact) mass is 307 g/mol. The molecule has 0 aliphatic carbocycles. The van der Waals surface area contributed by atoms with Gasteiger partial charge in [-0.1, -0.05) is 12.1 Å². The molecule has 0 amide bonds. The van der Waals surface area contributed by atoms with Crippen LogP contribution in [0.15, 0.2) is 23.1 Å². The summed E-state index contributed by atoms with van der Waals surface area (Å²) in [4.78, 5) is 0.0226. The first kappa shape index (κ1) is 15.9. The molecule has 1 rings (SSSR count). The van der Waals surface area contributed by atoms with Crippen molar-refractivity contribution >= 4 is 25.7 Å². The summed E-state index contributed by atoms with van der Waals surface area (Å²) >= 11 is 0. The summed E-state index contributed by atoms with van der Waals surface area (Å²) in [7, 11) is -7.08. The molecule has 0 spiro atoms. The number of hydrogen-bond acceptors (Lipinski definition) is 5. The van der Waals surface area contributed by atoms with Crippen LogP contribution >= 0.6 is 0 Å². The summed E-state index contributed by atoms with van der Waals surface area (Å²) in [5.74, 6) is 0. The minimum Gasteiger partial charge on any atom is -0.398 e. The fraction of sp³-hybridized carbons (Fsp3) is 0.400. The van der Waals surface area contributed by atoms with E-state index in [0.717, 1.165) is 6.26 Å². The molecule has 0 bridgehead atoms. The van der Waals surface area contributed by atoms with E-state index in [-0.39, 0.29) is 23.7 Å². The van der Waals surface area contributed by atoms with Crippen LogP contribution in [0.4, 0.5) is 5.69 Å². The number of anilines is 1. The Kier molecular flexibility index (Phi) is 4.91. The van der Waals surface area contributed by atoms with Gasteiger partial charge >= 0.3 is 0 Å². The molecule has 1 aromatic carbocycles. The van der Waals surface area contributed by atoms with Gasteiger partial charge in [0.2, 0.25) is 20.0 Å². The normalized spacial score (nSPS) is 12.5. The summed E-state index contributed by atoms with van der Waals surface area (Å²) in [6.45, 7) is 1.56. The van der Waals surface area contributed by atoms with Crippen LogP contribution in [0.3, 0.4) is 0 Å². The summed E-state index contributed by atoms with van der Waals surface area (Å²) in [6.07, 6.45) is 1.00. The van der Waals surface area contributed by atoms with Gasteiger partial charge in [-0.15, -0.1) is 0 Å². The van der Waals surface area contributed by atoms with Crippen LogP contribution in [0.2, 0.25) is 0 Å². The quantitative estimate of drug-likeness (QED) is 0.479. The number of nitrogen functional groups attached to an aromatic ring is 1. The van der Waals surface area contributed by atoms with Gasteiger partial charge < -0.3 is 5.73 Å². The van der Waals surface area contributed by atoms with Gasteiger partial charge in [-0.25, -0.2) is 26.3 Å². The second kappa shape index (κ2) is 5.87. The van der Waals surface area contributed by atoms with Crippen molar-refractivity contribution in [3.05, 3.63) is 23.8 Å². The zero-order chi connectivity index (χ0) is 14.7. The van der Waals surface area contributed by atoms with Crippen molar-refractivity contribution in [2.45, 2.75) is 11.8 Å². The van der Waals surface area contributed by atoms with Crippen LogP contribution in [-0.2, 0) is 20.0 Å². The Balaban J connectivity index is 2.77. The van der Waals surface area contributed by atoms with Crippen molar-refractivity contribution < 1.29 is 16.8 Å². The minimum atomic E-state index is -3.75. The molecule has 0 aliphatic rings. The third kappa shape index (κ3) is 4.78. The van der Waals surface area contributed by atoms with E-state index in [2.05, 4.69) is 9.44 Å². The molecule has 0 radical (unpaired) electrons. The Hall–Kier alpha value is -1.16. The number of aryl methyl sites for hydroxylation is 1. The van der Waals surface area contributed by atoms with Crippen molar-refractivity contribution in [2.24, 2.45) is 0 Å². The Morgan fingerprint density at radius 1 is 1.11 bits per heavy atom. The molecule has 0 aromatic heterocycles. The van der Waals surface area contributed by atoms with Gasteiger partial charge in [-0.3, -0.25) is 0 Å². The fourth-order valence-electron chi connectivity index (χ4n) is 1.54. The minimum absolute atomic E-state index is 0.0226. The van der Waals surface area contributed by atoms with Crippen molar-refractivity contribution in [1.29, 1.82) is 0 Å². The molecule has 0 heterocycles. The SMILES string of the molecule is Cc1cccc(N)c1S(=O)(=O)NCCNS(C)(=O)=O. The maximum Gasteiger partial charge on any atom is 0.242 e. The average Bonchev–Trinajstić information content (AvgIpc) is 2.22. The van der Waals surface area contributed by atoms with Gasteiger partial charge in [0.05, 0.1) is 11.9 Å². The molecule has 0 fully saturated rings. The molecule has 4 N–H and O–H groups in total. The smallest absolute Gasteiger partial charge is 0.242 e. The number of sulfonamides is 2. The first-order valence-electron chi connectivity index (χ1n) is 5.43. The van der Waals surface area contributed by atoms with Crippen molar-refractivity contribution in [2.75, 3.05) is 25.1 Å². The molecular formula is C10H17N3O4S2. The molecule has 0 aliphatic heterocycles. The summed E-state index contributed by atoms with van der Waals surface area (Å²) in [6, 6.07) is 4.80. The molecule has 0 saturated carbocycles. The van der Waals surface area contributed by atoms with Crippen LogP contribution < -0.4 is 15.2 Å². The molecular weight excluding hydrogens is 290 g/mol. The first-order chi connectivity index (χ1) is 8.63. The van der Waals surface area contributed by atoms with E-state index in [0.29, 0.717) is 5.56 Å². The second-order valence-electron chi connectivity index (χ2n) is 4.06. The highest BCUT2D eigenvalue weighted by molar-refractivity contribution is 7.89. The van der Waals surface area contributed by atoms with Crippen LogP contribution in [0.1, 0.15) is 5.56 Å². The molecule has 19 heavy (non-hydrogen) atoms. The van der Waals surface area contributed by atoms with E-state index in [4.69, 9.17) is 5.73 Å². The van der Waals surface area contributed by atoms with E-state index in [1.807, 2.05) is 0 Å². The number of hydrogen-bond donors (Lipinski definition) is 3. The zero-order valence-corrected chi connectivity index (χ0v) is 12.3. The van der Waals surface area contributed by atoms with Crippen LogP contribution in [0.25, 0.3) is 0 Å². The highest BCUT2D eigenvalue weighted by atomic mass is 32.2. The number of nitrogens with two attached hydrogens (primary N) is 1. The lowest BCUT2D eigenvalue weighted by Crippen LogP contribution is -2.34. The molecule has 1 aromatic rings. The Labute approximate surface area is 113 Å². The maximum atomic E-state index is 12.0. The molecule has 7 nitrogen and oxygen atoms in total. The largest absolute Gasteiger partial charge is 0.398 e. The third-order valence-corrected chi connectivity index (χ3v) is 4.70. The van der Waals surface area contributed by atoms with Crippen LogP contribution in [0, 0.1) is 6.92 Å². The zero-order valence-electron chi connectivity index (χ0n) is 10.7. The summed E-state index contributed by atoms with van der Waals surface area (Å²) in [5.41, 5.74) is 6.34. The molecule has 0 unspecified atom stereocenters. The third-order valence-electron chi connectivity index (χ3n) is 2.29. The van der Waals surface area contributed by atoms with Gasteiger partial charge in [0.15, 0.2) is 0 Å². The first-order valence-corrected chi connectivity index (χ1v) is 8.80. The van der Waals surface area contributed by atoms with Crippen LogP contribution in [0.5, 0.6) is 0 Å². The predicted octanol–water partition coefficient (Wildman–Crippen LogP) is -0.595. The van der Waals surface area contributed by atoms with E-state index < -0.39 is 20.0 Å². The number of benzene rings is 1. The standard InChI is InChI=1S/C10H17N3O4S2/c1-8-4-3-5-9(11)10(8)19(16,17)13-7-6-12-18(2,14)15/h3-5,12-13H,6-7,11H2,1-2H3. The molecule has 108 valence electrons. The van der Waals surface area contributed by atoms with E-state index in [1.165, 1.54) is 6.07 Å². The Morgan fingerprint density at radius 2 is 1.68 bits per heavy atom. The average molecular weight is 307 g/mol. The maximum absolute atomic E-state index is 12.0. The highest BCUT2D eigenvalue weighted by Crippen LogP contribution is 2.21. The lowest BCUT2D eigenvalue weighted by Gasteiger charge is -2.11. The topological polar surface area (TPSA) is 118 Å². The van der Waals surface area contributed by atoms with Crippen molar-refractivity contribution in [3.8, 4) is 0 Å². The van der Waals surface area contributed by atoms with Crippen molar-refractivity contribution in [1.82, 2.24) is 9.44 Å². The van der Waals surface area contributed by atoms with Gasteiger partial charge in [-0.05, 0) is 18.6 Å². The summed E-state index contributed by atoms with van der Waals surface area (Å²) in [5, 5.41) is 0.